The molecule has 45 heavy (non-hydrogen) atoms. The van der Waals surface area contributed by atoms with E-state index in [2.05, 4.69) is 172 Å². The van der Waals surface area contributed by atoms with Crippen molar-refractivity contribution in [2.45, 2.75) is 38.5 Å². The Morgan fingerprint density at radius 1 is 0.378 bits per heavy atom. The number of hydrogen-bond acceptors (Lipinski definition) is 1. The lowest BCUT2D eigenvalue weighted by Crippen LogP contribution is -2.16. The quantitative estimate of drug-likeness (QED) is 0.202. The maximum Gasteiger partial charge on any atom is 0.0468 e. The summed E-state index contributed by atoms with van der Waals surface area (Å²) in [6.45, 7) is 9.47. The standard InChI is InChI=1S/C44H35N/c1-43(2)38-17-11-10-16-35(38)36-22-21-33(27-41(36)43)45(31-13-6-5-7-14-31)32-20-18-29-25-37-40(26-30(29)24-32)44(3,4)39-23-19-28-12-8-9-15-34(28)42(37)39/h5-27H,1-4H3. The Balaban J connectivity index is 1.22. The van der Waals surface area contributed by atoms with Crippen molar-refractivity contribution in [3.8, 4) is 22.3 Å². The smallest absolute Gasteiger partial charge is 0.0468 e. The van der Waals surface area contributed by atoms with Crippen LogP contribution in [0.25, 0.3) is 43.8 Å². The zero-order valence-corrected chi connectivity index (χ0v) is 26.2. The van der Waals surface area contributed by atoms with Crippen LogP contribution in [0.1, 0.15) is 49.9 Å². The highest BCUT2D eigenvalue weighted by molar-refractivity contribution is 6.05. The summed E-state index contributed by atoms with van der Waals surface area (Å²) < 4.78 is 0. The molecule has 9 rings (SSSR count). The zero-order valence-electron chi connectivity index (χ0n) is 26.2. The van der Waals surface area contributed by atoms with Crippen LogP contribution in [-0.2, 0) is 10.8 Å². The fraction of sp³-hybridized carbons (Fsp3) is 0.136. The van der Waals surface area contributed by atoms with Crippen molar-refractivity contribution in [3.05, 3.63) is 162 Å². The largest absolute Gasteiger partial charge is 0.310 e. The molecule has 0 saturated carbocycles. The van der Waals surface area contributed by atoms with Crippen molar-refractivity contribution < 1.29 is 0 Å². The molecule has 7 aromatic carbocycles. The van der Waals surface area contributed by atoms with Gasteiger partial charge in [0.1, 0.15) is 0 Å². The lowest BCUT2D eigenvalue weighted by atomic mass is 9.81. The van der Waals surface area contributed by atoms with E-state index >= 15 is 0 Å². The highest BCUT2D eigenvalue weighted by atomic mass is 15.1. The first-order chi connectivity index (χ1) is 21.8. The third-order valence-electron chi connectivity index (χ3n) is 10.6. The van der Waals surface area contributed by atoms with Crippen molar-refractivity contribution in [1.82, 2.24) is 0 Å². The van der Waals surface area contributed by atoms with Crippen LogP contribution < -0.4 is 4.90 Å². The van der Waals surface area contributed by atoms with E-state index in [0.717, 1.165) is 5.69 Å². The van der Waals surface area contributed by atoms with E-state index in [0.29, 0.717) is 0 Å². The molecule has 0 spiro atoms. The number of benzene rings is 7. The Kier molecular flexibility index (Phi) is 5.37. The van der Waals surface area contributed by atoms with Gasteiger partial charge in [0.25, 0.3) is 0 Å². The van der Waals surface area contributed by atoms with Crippen molar-refractivity contribution in [2.24, 2.45) is 0 Å². The molecule has 1 nitrogen and oxygen atoms in total. The van der Waals surface area contributed by atoms with Crippen molar-refractivity contribution >= 4 is 38.6 Å². The highest BCUT2D eigenvalue weighted by Crippen LogP contribution is 2.53. The minimum absolute atomic E-state index is 0.0566. The predicted octanol–water partition coefficient (Wildman–Crippen LogP) is 12.1. The summed E-state index contributed by atoms with van der Waals surface area (Å²) in [6.07, 6.45) is 0. The summed E-state index contributed by atoms with van der Waals surface area (Å²) in [6, 6.07) is 52.0. The molecule has 2 aliphatic rings. The molecule has 7 aromatic rings. The maximum atomic E-state index is 2.45. The fourth-order valence-corrected chi connectivity index (χ4v) is 8.23. The number of hydrogen-bond donors (Lipinski definition) is 0. The van der Waals surface area contributed by atoms with Crippen LogP contribution in [0, 0.1) is 0 Å². The molecule has 216 valence electrons. The summed E-state index contributed by atoms with van der Waals surface area (Å²) in [4.78, 5) is 2.42. The van der Waals surface area contributed by atoms with Gasteiger partial charge in [0.05, 0.1) is 0 Å². The Bertz CT molecular complexity index is 2320. The molecular weight excluding hydrogens is 542 g/mol. The normalized spacial score (nSPS) is 15.0. The van der Waals surface area contributed by atoms with Gasteiger partial charge in [-0.1, -0.05) is 119 Å². The number of nitrogens with zero attached hydrogens (tertiary/aromatic N) is 1. The van der Waals surface area contributed by atoms with E-state index in [4.69, 9.17) is 0 Å². The minimum Gasteiger partial charge on any atom is -0.310 e. The molecular formula is C44H35N. The van der Waals surface area contributed by atoms with Gasteiger partial charge in [-0.2, -0.15) is 0 Å². The summed E-state index contributed by atoms with van der Waals surface area (Å²) in [5, 5.41) is 5.18. The predicted molar refractivity (Wildman–Crippen MR) is 191 cm³/mol. The molecule has 0 N–H and O–H groups in total. The minimum atomic E-state index is -0.0709. The van der Waals surface area contributed by atoms with E-state index < -0.39 is 0 Å². The second-order valence-corrected chi connectivity index (χ2v) is 13.8. The average Bonchev–Trinajstić information content (AvgIpc) is 3.43. The lowest BCUT2D eigenvalue weighted by molar-refractivity contribution is 0.660. The molecule has 0 aromatic heterocycles. The van der Waals surface area contributed by atoms with Gasteiger partial charge in [-0.05, 0) is 115 Å². The molecule has 0 unspecified atom stereocenters. The van der Waals surface area contributed by atoms with E-state index in [-0.39, 0.29) is 10.8 Å². The summed E-state index contributed by atoms with van der Waals surface area (Å²) in [7, 11) is 0. The Hall–Kier alpha value is -5.14. The second kappa shape index (κ2) is 9.19. The van der Waals surface area contributed by atoms with Gasteiger partial charge in [-0.3, -0.25) is 0 Å². The molecule has 0 atom stereocenters. The third kappa shape index (κ3) is 3.68. The van der Waals surface area contributed by atoms with Gasteiger partial charge in [0.15, 0.2) is 0 Å². The second-order valence-electron chi connectivity index (χ2n) is 13.8. The van der Waals surface area contributed by atoms with Crippen LogP contribution in [-0.4, -0.2) is 0 Å². The average molecular weight is 578 g/mol. The summed E-state index contributed by atoms with van der Waals surface area (Å²) in [5.41, 5.74) is 14.4. The molecule has 0 bridgehead atoms. The van der Waals surface area contributed by atoms with E-state index in [1.54, 1.807) is 0 Å². The van der Waals surface area contributed by atoms with Crippen LogP contribution >= 0.6 is 0 Å². The number of fused-ring (bicyclic) bond motifs is 9. The first kappa shape index (κ1) is 26.3. The van der Waals surface area contributed by atoms with Crippen molar-refractivity contribution in [2.75, 3.05) is 4.90 Å². The van der Waals surface area contributed by atoms with Crippen molar-refractivity contribution in [3.63, 3.8) is 0 Å². The van der Waals surface area contributed by atoms with Gasteiger partial charge in [-0.25, -0.2) is 0 Å². The summed E-state index contributed by atoms with van der Waals surface area (Å²) >= 11 is 0. The lowest BCUT2D eigenvalue weighted by Gasteiger charge is -2.28. The van der Waals surface area contributed by atoms with Crippen LogP contribution in [0.5, 0.6) is 0 Å². The third-order valence-corrected chi connectivity index (χ3v) is 10.6. The van der Waals surface area contributed by atoms with Crippen LogP contribution in [0.2, 0.25) is 0 Å². The molecule has 0 aliphatic heterocycles. The highest BCUT2D eigenvalue weighted by Gasteiger charge is 2.37. The van der Waals surface area contributed by atoms with Gasteiger partial charge in [-0.15, -0.1) is 0 Å². The Morgan fingerprint density at radius 2 is 1.02 bits per heavy atom. The van der Waals surface area contributed by atoms with Crippen LogP contribution in [0.15, 0.2) is 140 Å². The SMILES string of the molecule is CC1(C)c2ccccc2-c2ccc(N(c3ccccc3)c3ccc4cc5c(cc4c3)C(C)(C)c3ccc4ccccc4c3-5)cc21. The summed E-state index contributed by atoms with van der Waals surface area (Å²) in [5.74, 6) is 0. The number of rotatable bonds is 3. The van der Waals surface area contributed by atoms with Gasteiger partial charge in [0.2, 0.25) is 0 Å². The molecule has 0 heterocycles. The molecule has 1 heteroatoms. The molecule has 0 fully saturated rings. The van der Waals surface area contributed by atoms with Crippen LogP contribution in [0.3, 0.4) is 0 Å². The fourth-order valence-electron chi connectivity index (χ4n) is 8.23. The first-order valence-corrected chi connectivity index (χ1v) is 16.0. The van der Waals surface area contributed by atoms with Gasteiger partial charge >= 0.3 is 0 Å². The Morgan fingerprint density at radius 3 is 1.89 bits per heavy atom. The molecule has 0 saturated heterocycles. The number of para-hydroxylation sites is 1. The van der Waals surface area contributed by atoms with Crippen molar-refractivity contribution in [1.29, 1.82) is 0 Å². The Labute approximate surface area is 265 Å². The number of anilines is 3. The van der Waals surface area contributed by atoms with Crippen LogP contribution in [0.4, 0.5) is 17.1 Å². The topological polar surface area (TPSA) is 3.24 Å². The van der Waals surface area contributed by atoms with Gasteiger partial charge < -0.3 is 4.90 Å². The van der Waals surface area contributed by atoms with E-state index in [9.17, 15) is 0 Å². The monoisotopic (exact) mass is 577 g/mol. The molecule has 2 aliphatic carbocycles. The van der Waals surface area contributed by atoms with E-state index in [1.165, 1.54) is 77.4 Å². The first-order valence-electron chi connectivity index (χ1n) is 16.0. The molecule has 0 amide bonds. The van der Waals surface area contributed by atoms with Gasteiger partial charge in [0, 0.05) is 27.9 Å². The molecule has 0 radical (unpaired) electrons. The zero-order chi connectivity index (χ0) is 30.5. The van der Waals surface area contributed by atoms with E-state index in [1.807, 2.05) is 0 Å². The maximum absolute atomic E-state index is 2.45.